The van der Waals surface area contributed by atoms with E-state index in [4.69, 9.17) is 0 Å². The maximum absolute atomic E-state index is 12.4. The zero-order chi connectivity index (χ0) is 15.0. The molecule has 1 aromatic heterocycles. The molecule has 1 heterocycles. The van der Waals surface area contributed by atoms with E-state index in [0.717, 1.165) is 25.3 Å². The summed E-state index contributed by atoms with van der Waals surface area (Å²) in [6.45, 7) is 0.234. The van der Waals surface area contributed by atoms with E-state index in [9.17, 15) is 18.0 Å². The second-order valence-electron chi connectivity index (χ2n) is 6.05. The van der Waals surface area contributed by atoms with Crippen molar-refractivity contribution in [2.75, 3.05) is 0 Å². The second-order valence-corrected chi connectivity index (χ2v) is 6.05. The molecule has 2 aliphatic rings. The monoisotopic (exact) mass is 298 g/mol. The molecule has 3 unspecified atom stereocenters. The second kappa shape index (κ2) is 5.31. The summed E-state index contributed by atoms with van der Waals surface area (Å²) in [4.78, 5) is 15.5. The molecule has 2 fully saturated rings. The van der Waals surface area contributed by atoms with Crippen LogP contribution in [0.4, 0.5) is 13.2 Å². The van der Waals surface area contributed by atoms with Gasteiger partial charge < -0.3 is 5.32 Å². The molecule has 0 aromatic carbocycles. The molecule has 6 heteroatoms. The minimum atomic E-state index is -4.43. The summed E-state index contributed by atoms with van der Waals surface area (Å²) >= 11 is 0. The highest BCUT2D eigenvalue weighted by Crippen LogP contribution is 2.48. The van der Waals surface area contributed by atoms with Crippen molar-refractivity contribution in [1.29, 1.82) is 0 Å². The van der Waals surface area contributed by atoms with E-state index in [1.54, 1.807) is 0 Å². The maximum Gasteiger partial charge on any atom is 0.433 e. The Hall–Kier alpha value is -1.59. The van der Waals surface area contributed by atoms with Gasteiger partial charge in [-0.2, -0.15) is 13.2 Å². The number of pyridine rings is 1. The van der Waals surface area contributed by atoms with Crippen molar-refractivity contribution < 1.29 is 18.0 Å². The Morgan fingerprint density at radius 2 is 2.10 bits per heavy atom. The normalized spacial score (nSPS) is 27.9. The van der Waals surface area contributed by atoms with Gasteiger partial charge in [-0.25, -0.2) is 0 Å². The molecule has 1 aromatic rings. The number of halogens is 3. The van der Waals surface area contributed by atoms with Crippen molar-refractivity contribution in [3.05, 3.63) is 29.6 Å². The summed E-state index contributed by atoms with van der Waals surface area (Å²) in [5, 5.41) is 2.82. The lowest BCUT2D eigenvalue weighted by Gasteiger charge is -2.20. The van der Waals surface area contributed by atoms with Crippen LogP contribution in [0, 0.1) is 17.8 Å². The summed E-state index contributed by atoms with van der Waals surface area (Å²) in [6.07, 6.45) is 1.22. The maximum atomic E-state index is 12.4. The van der Waals surface area contributed by atoms with Gasteiger partial charge in [0, 0.05) is 18.7 Å². The van der Waals surface area contributed by atoms with Gasteiger partial charge in [-0.3, -0.25) is 9.78 Å². The van der Waals surface area contributed by atoms with Crippen LogP contribution in [0.3, 0.4) is 0 Å². The third kappa shape index (κ3) is 3.04. The Balaban J connectivity index is 1.54. The molecule has 3 rings (SSSR count). The first-order valence-electron chi connectivity index (χ1n) is 7.23. The van der Waals surface area contributed by atoms with Crippen LogP contribution in [0.5, 0.6) is 0 Å². The Morgan fingerprint density at radius 1 is 1.29 bits per heavy atom. The summed E-state index contributed by atoms with van der Waals surface area (Å²) < 4.78 is 37.2. The van der Waals surface area contributed by atoms with Crippen molar-refractivity contribution in [2.45, 2.75) is 38.4 Å². The Labute approximate surface area is 120 Å². The minimum Gasteiger partial charge on any atom is -0.352 e. The van der Waals surface area contributed by atoms with Gasteiger partial charge in [-0.15, -0.1) is 0 Å². The fraction of sp³-hybridized carbons (Fsp3) is 0.600. The Kier molecular flexibility index (Phi) is 3.63. The molecule has 2 saturated carbocycles. The van der Waals surface area contributed by atoms with Crippen molar-refractivity contribution >= 4 is 5.91 Å². The molecule has 2 bridgehead atoms. The van der Waals surface area contributed by atoms with Crippen molar-refractivity contribution in [1.82, 2.24) is 10.3 Å². The van der Waals surface area contributed by atoms with E-state index in [-0.39, 0.29) is 18.4 Å². The van der Waals surface area contributed by atoms with E-state index in [1.165, 1.54) is 18.7 Å². The molecule has 21 heavy (non-hydrogen) atoms. The van der Waals surface area contributed by atoms with Crippen molar-refractivity contribution in [2.24, 2.45) is 17.8 Å². The number of carbonyl (C=O) groups is 1. The number of carbonyl (C=O) groups excluding carboxylic acids is 1. The van der Waals surface area contributed by atoms with Crippen LogP contribution in [0.15, 0.2) is 18.3 Å². The van der Waals surface area contributed by atoms with E-state index in [0.29, 0.717) is 17.4 Å². The average Bonchev–Trinajstić information content (AvgIpc) is 3.07. The van der Waals surface area contributed by atoms with Gasteiger partial charge in [0.15, 0.2) is 0 Å². The molecule has 0 saturated heterocycles. The number of rotatable bonds is 3. The lowest BCUT2D eigenvalue weighted by Crippen LogP contribution is -2.33. The SMILES string of the molecule is O=C(NCc1ccc(C(F)(F)F)nc1)C1CC2CCC1C2. The quantitative estimate of drug-likeness (QED) is 0.931. The number of nitrogens with zero attached hydrogens (tertiary/aromatic N) is 1. The van der Waals surface area contributed by atoms with Gasteiger partial charge in [-0.05, 0) is 42.7 Å². The Bertz CT molecular complexity index is 527. The lowest BCUT2D eigenvalue weighted by atomic mass is 9.88. The number of amides is 1. The third-order valence-electron chi connectivity index (χ3n) is 4.66. The summed E-state index contributed by atoms with van der Waals surface area (Å²) in [5.74, 6) is 1.31. The summed E-state index contributed by atoms with van der Waals surface area (Å²) in [7, 11) is 0. The number of aromatic nitrogens is 1. The summed E-state index contributed by atoms with van der Waals surface area (Å²) in [6, 6.07) is 2.30. The summed E-state index contributed by atoms with van der Waals surface area (Å²) in [5.41, 5.74) is -0.329. The number of hydrogen-bond donors (Lipinski definition) is 1. The van der Waals surface area contributed by atoms with Crippen LogP contribution in [-0.4, -0.2) is 10.9 Å². The van der Waals surface area contributed by atoms with Gasteiger partial charge in [0.05, 0.1) is 0 Å². The molecule has 0 aliphatic heterocycles. The molecule has 1 N–H and O–H groups in total. The minimum absolute atomic E-state index is 0.0297. The van der Waals surface area contributed by atoms with E-state index < -0.39 is 11.9 Å². The van der Waals surface area contributed by atoms with Crippen LogP contribution in [0.25, 0.3) is 0 Å². The molecule has 1 amide bonds. The van der Waals surface area contributed by atoms with E-state index >= 15 is 0 Å². The average molecular weight is 298 g/mol. The predicted molar refractivity (Wildman–Crippen MR) is 70.0 cm³/mol. The molecule has 3 atom stereocenters. The zero-order valence-electron chi connectivity index (χ0n) is 11.5. The van der Waals surface area contributed by atoms with E-state index in [2.05, 4.69) is 10.3 Å². The Morgan fingerprint density at radius 3 is 2.62 bits per heavy atom. The molecular formula is C15H17F3N2O. The number of hydrogen-bond acceptors (Lipinski definition) is 2. The van der Waals surface area contributed by atoms with Crippen molar-refractivity contribution in [3.63, 3.8) is 0 Å². The predicted octanol–water partition coefficient (Wildman–Crippen LogP) is 3.15. The highest BCUT2D eigenvalue weighted by molar-refractivity contribution is 5.79. The highest BCUT2D eigenvalue weighted by atomic mass is 19.4. The number of fused-ring (bicyclic) bond motifs is 2. The third-order valence-corrected chi connectivity index (χ3v) is 4.66. The number of nitrogens with one attached hydrogen (secondary N) is 1. The van der Waals surface area contributed by atoms with Gasteiger partial charge in [0.1, 0.15) is 5.69 Å². The van der Waals surface area contributed by atoms with Crippen molar-refractivity contribution in [3.8, 4) is 0 Å². The fourth-order valence-electron chi connectivity index (χ4n) is 3.58. The van der Waals surface area contributed by atoms with Crippen LogP contribution in [-0.2, 0) is 17.5 Å². The highest BCUT2D eigenvalue weighted by Gasteiger charge is 2.42. The molecule has 2 aliphatic carbocycles. The zero-order valence-corrected chi connectivity index (χ0v) is 11.5. The topological polar surface area (TPSA) is 42.0 Å². The molecule has 0 spiro atoms. The van der Waals surface area contributed by atoms with Crippen LogP contribution >= 0.6 is 0 Å². The largest absolute Gasteiger partial charge is 0.433 e. The van der Waals surface area contributed by atoms with Gasteiger partial charge >= 0.3 is 6.18 Å². The van der Waals surface area contributed by atoms with Gasteiger partial charge in [0.2, 0.25) is 5.91 Å². The fourth-order valence-corrected chi connectivity index (χ4v) is 3.58. The first kappa shape index (κ1) is 14.4. The standard InChI is InChI=1S/C15H17F3N2O/c16-15(17,18)13-4-2-10(7-19-13)8-20-14(21)12-6-9-1-3-11(12)5-9/h2,4,7,9,11-12H,1,3,5-6,8H2,(H,20,21). The first-order chi connectivity index (χ1) is 9.93. The van der Waals surface area contributed by atoms with Gasteiger partial charge in [0.25, 0.3) is 0 Å². The lowest BCUT2D eigenvalue weighted by molar-refractivity contribution is -0.141. The molecule has 114 valence electrons. The smallest absolute Gasteiger partial charge is 0.352 e. The van der Waals surface area contributed by atoms with E-state index in [1.807, 2.05) is 0 Å². The number of alkyl halides is 3. The first-order valence-corrected chi connectivity index (χ1v) is 7.23. The molecular weight excluding hydrogens is 281 g/mol. The van der Waals surface area contributed by atoms with Crippen LogP contribution < -0.4 is 5.32 Å². The van der Waals surface area contributed by atoms with Crippen LogP contribution in [0.2, 0.25) is 0 Å². The molecule has 0 radical (unpaired) electrons. The van der Waals surface area contributed by atoms with Gasteiger partial charge in [-0.1, -0.05) is 12.5 Å². The van der Waals surface area contributed by atoms with Crippen LogP contribution in [0.1, 0.15) is 36.9 Å². The molecule has 3 nitrogen and oxygen atoms in total.